The molecule has 1 saturated carbocycles. The first-order valence-corrected chi connectivity index (χ1v) is 14.3. The van der Waals surface area contributed by atoms with Gasteiger partial charge in [0.05, 0.1) is 31.1 Å². The highest BCUT2D eigenvalue weighted by molar-refractivity contribution is 6.13. The molecule has 0 aromatic carbocycles. The highest BCUT2D eigenvalue weighted by Crippen LogP contribution is 2.49. The summed E-state index contributed by atoms with van der Waals surface area (Å²) in [6, 6.07) is 0. The molecule has 41 heavy (non-hydrogen) atoms. The number of aryl methyl sites for hydroxylation is 1. The van der Waals surface area contributed by atoms with Crippen molar-refractivity contribution in [2.75, 3.05) is 39.5 Å². The lowest BCUT2D eigenvalue weighted by Gasteiger charge is -2.12. The van der Waals surface area contributed by atoms with E-state index in [1.54, 1.807) is 0 Å². The van der Waals surface area contributed by atoms with Crippen LogP contribution in [0.1, 0.15) is 56.3 Å². The van der Waals surface area contributed by atoms with Crippen LogP contribution < -0.4 is 0 Å². The second-order valence-electron chi connectivity index (χ2n) is 10.4. The molecule has 3 unspecified atom stereocenters. The number of rotatable bonds is 18. The van der Waals surface area contributed by atoms with Crippen LogP contribution in [0.3, 0.4) is 0 Å². The Kier molecular flexibility index (Phi) is 11.4. The number of hydrogen-bond donors (Lipinski definition) is 0. The van der Waals surface area contributed by atoms with Crippen LogP contribution >= 0.6 is 0 Å². The van der Waals surface area contributed by atoms with Gasteiger partial charge in [-0.15, -0.1) is 5.10 Å². The number of fused-ring (bicyclic) bond motifs is 2. The van der Waals surface area contributed by atoms with E-state index in [4.69, 9.17) is 19.7 Å². The van der Waals surface area contributed by atoms with Gasteiger partial charge in [-0.2, -0.15) is 0 Å². The second-order valence-corrected chi connectivity index (χ2v) is 10.4. The number of ether oxygens (including phenoxy) is 3. The number of amides is 2. The number of azide groups is 1. The molecule has 2 amide bonds. The van der Waals surface area contributed by atoms with Crippen molar-refractivity contribution in [3.05, 3.63) is 34.0 Å². The molecule has 1 fully saturated rings. The van der Waals surface area contributed by atoms with E-state index in [1.165, 1.54) is 12.2 Å². The molecule has 0 bridgehead atoms. The van der Waals surface area contributed by atoms with Gasteiger partial charge in [-0.1, -0.05) is 10.3 Å². The first-order chi connectivity index (χ1) is 20.0. The van der Waals surface area contributed by atoms with Gasteiger partial charge < -0.3 is 14.2 Å². The van der Waals surface area contributed by atoms with Crippen molar-refractivity contribution in [2.45, 2.75) is 70.4 Å². The predicted octanol–water partition coefficient (Wildman–Crippen LogP) is 2.10. The van der Waals surface area contributed by atoms with Gasteiger partial charge in [0, 0.05) is 74.5 Å². The molecule has 4 rings (SSSR count). The molecular formula is C27H37N7O7. The first kappa shape index (κ1) is 30.4. The SMILES string of the molecule is [N-]=[N+]=NCCOCCn1nnc2c1CCC1C(CC2)C1OC(=O)CCCOCCCC(=O)CCN1C(=O)C=CC1=O. The van der Waals surface area contributed by atoms with Crippen molar-refractivity contribution >= 4 is 23.6 Å². The number of imide groups is 1. The predicted molar refractivity (Wildman–Crippen MR) is 143 cm³/mol. The number of esters is 1. The maximum absolute atomic E-state index is 12.4. The Balaban J connectivity index is 1.03. The van der Waals surface area contributed by atoms with Crippen LogP contribution in [-0.2, 0) is 52.8 Å². The molecular weight excluding hydrogens is 534 g/mol. The molecule has 0 radical (unpaired) electrons. The largest absolute Gasteiger partial charge is 0.462 e. The van der Waals surface area contributed by atoms with Gasteiger partial charge in [-0.3, -0.25) is 24.1 Å². The van der Waals surface area contributed by atoms with Crippen LogP contribution in [0.5, 0.6) is 0 Å². The number of carbonyl (C=O) groups excluding carboxylic acids is 4. The number of carbonyl (C=O) groups is 4. The molecule has 14 heteroatoms. The molecule has 3 aliphatic rings. The minimum absolute atomic E-state index is 0.0220. The Bertz CT molecular complexity index is 1160. The molecule has 0 N–H and O–H groups in total. The van der Waals surface area contributed by atoms with Crippen molar-refractivity contribution in [1.82, 2.24) is 19.9 Å². The molecule has 0 saturated heterocycles. The summed E-state index contributed by atoms with van der Waals surface area (Å²) >= 11 is 0. The molecule has 1 aromatic heterocycles. The standard InChI is InChI=1S/C27H37N7O7/c28-31-29-12-17-40-18-14-34-23-8-6-21-20(5-7-22(23)30-32-34)27(21)41-26(38)4-2-16-39-15-1-3-19(35)11-13-33-24(36)9-10-25(33)37/h9-10,20-21,27H,1-8,11-18H2. The summed E-state index contributed by atoms with van der Waals surface area (Å²) in [7, 11) is 0. The number of nitrogens with zero attached hydrogens (tertiary/aromatic N) is 7. The monoisotopic (exact) mass is 571 g/mol. The summed E-state index contributed by atoms with van der Waals surface area (Å²) in [4.78, 5) is 51.2. The van der Waals surface area contributed by atoms with E-state index in [0.717, 1.165) is 42.0 Å². The third-order valence-electron chi connectivity index (χ3n) is 7.64. The van der Waals surface area contributed by atoms with Gasteiger partial charge in [-0.05, 0) is 44.1 Å². The Morgan fingerprint density at radius 3 is 2.41 bits per heavy atom. The van der Waals surface area contributed by atoms with Crippen LogP contribution in [-0.4, -0.2) is 89.1 Å². The number of hydrogen-bond acceptors (Lipinski definition) is 10. The fourth-order valence-electron chi connectivity index (χ4n) is 5.38. The zero-order chi connectivity index (χ0) is 29.0. The van der Waals surface area contributed by atoms with E-state index in [-0.39, 0.29) is 49.1 Å². The minimum Gasteiger partial charge on any atom is -0.462 e. The van der Waals surface area contributed by atoms with Gasteiger partial charge in [0.1, 0.15) is 11.9 Å². The fraction of sp³-hybridized carbons (Fsp3) is 0.704. The van der Waals surface area contributed by atoms with E-state index >= 15 is 0 Å². The van der Waals surface area contributed by atoms with E-state index in [1.807, 2.05) is 4.68 Å². The lowest BCUT2D eigenvalue weighted by atomic mass is 10.0. The molecule has 0 spiro atoms. The number of ketones is 1. The third kappa shape index (κ3) is 8.94. The smallest absolute Gasteiger partial charge is 0.306 e. The molecule has 1 aliphatic heterocycles. The molecule has 3 atom stereocenters. The summed E-state index contributed by atoms with van der Waals surface area (Å²) in [6.45, 7) is 2.66. The maximum Gasteiger partial charge on any atom is 0.306 e. The van der Waals surface area contributed by atoms with E-state index in [2.05, 4.69) is 20.3 Å². The normalized spacial score (nSPS) is 21.1. The summed E-state index contributed by atoms with van der Waals surface area (Å²) in [5, 5.41) is 12.1. The van der Waals surface area contributed by atoms with Gasteiger partial charge in [0.15, 0.2) is 0 Å². The van der Waals surface area contributed by atoms with E-state index < -0.39 is 0 Å². The number of aromatic nitrogens is 3. The van der Waals surface area contributed by atoms with Crippen molar-refractivity contribution in [3.63, 3.8) is 0 Å². The Morgan fingerprint density at radius 1 is 0.951 bits per heavy atom. The van der Waals surface area contributed by atoms with Crippen molar-refractivity contribution in [3.8, 4) is 0 Å². The first-order valence-electron chi connectivity index (χ1n) is 14.3. The zero-order valence-electron chi connectivity index (χ0n) is 23.2. The van der Waals surface area contributed by atoms with Crippen LogP contribution in [0.4, 0.5) is 0 Å². The van der Waals surface area contributed by atoms with Crippen molar-refractivity contribution in [1.29, 1.82) is 0 Å². The van der Waals surface area contributed by atoms with Gasteiger partial charge in [0.25, 0.3) is 11.8 Å². The highest BCUT2D eigenvalue weighted by atomic mass is 16.6. The van der Waals surface area contributed by atoms with Gasteiger partial charge >= 0.3 is 5.97 Å². The van der Waals surface area contributed by atoms with E-state index in [0.29, 0.717) is 70.6 Å². The highest BCUT2D eigenvalue weighted by Gasteiger charge is 2.52. The Morgan fingerprint density at radius 2 is 1.66 bits per heavy atom. The van der Waals surface area contributed by atoms with Gasteiger partial charge in [-0.25, -0.2) is 4.68 Å². The van der Waals surface area contributed by atoms with Crippen LogP contribution in [0.15, 0.2) is 17.3 Å². The summed E-state index contributed by atoms with van der Waals surface area (Å²) in [6.07, 6.45) is 7.71. The topological polar surface area (TPSA) is 179 Å². The summed E-state index contributed by atoms with van der Waals surface area (Å²) < 4.78 is 18.7. The van der Waals surface area contributed by atoms with Crippen molar-refractivity contribution in [2.24, 2.45) is 17.0 Å². The quantitative estimate of drug-likeness (QED) is 0.0637. The second kappa shape index (κ2) is 15.4. The lowest BCUT2D eigenvalue weighted by Crippen LogP contribution is -2.32. The Hall–Kier alpha value is -3.61. The van der Waals surface area contributed by atoms with Crippen LogP contribution in [0.2, 0.25) is 0 Å². The molecule has 1 aromatic rings. The summed E-state index contributed by atoms with van der Waals surface area (Å²) in [5.41, 5.74) is 10.4. The lowest BCUT2D eigenvalue weighted by molar-refractivity contribution is -0.146. The average Bonchev–Trinajstić information content (AvgIpc) is 3.24. The van der Waals surface area contributed by atoms with Gasteiger partial charge in [0.2, 0.25) is 0 Å². The molecule has 222 valence electrons. The van der Waals surface area contributed by atoms with Crippen LogP contribution in [0.25, 0.3) is 10.4 Å². The Labute approximate surface area is 238 Å². The number of Topliss-reactive ketones (excluding diaryl/α,β-unsaturated/α-hetero) is 1. The van der Waals surface area contributed by atoms with E-state index in [9.17, 15) is 19.2 Å². The molecule has 14 nitrogen and oxygen atoms in total. The molecule has 2 aliphatic carbocycles. The zero-order valence-corrected chi connectivity index (χ0v) is 23.2. The minimum atomic E-state index is -0.380. The third-order valence-corrected chi connectivity index (χ3v) is 7.64. The fourth-order valence-corrected chi connectivity index (χ4v) is 5.38. The summed E-state index contributed by atoms with van der Waals surface area (Å²) in [5.74, 6) is -0.257. The maximum atomic E-state index is 12.4. The molecule has 2 heterocycles. The van der Waals surface area contributed by atoms with Crippen LogP contribution in [0, 0.1) is 11.8 Å². The van der Waals surface area contributed by atoms with Crippen molar-refractivity contribution < 1.29 is 33.4 Å². The average molecular weight is 572 g/mol.